The van der Waals surface area contributed by atoms with Crippen LogP contribution in [-0.4, -0.2) is 18.8 Å². The minimum absolute atomic E-state index is 0.574. The van der Waals surface area contributed by atoms with Crippen molar-refractivity contribution in [3.05, 3.63) is 81.9 Å². The standard InChI is InChI=1S/C24H24N2O3S/c1-16-10-17(2)12-18(11-16)25-24-26(14-20-6-5-9-29-20)22(15-30-24)21-8-7-19(27-3)13-23(21)28-4/h5-13,15H,14H2,1-4H3. The Morgan fingerprint density at radius 2 is 1.80 bits per heavy atom. The normalized spacial score (nSPS) is 11.7. The number of aryl methyl sites for hydroxylation is 2. The van der Waals surface area contributed by atoms with Gasteiger partial charge in [-0.3, -0.25) is 0 Å². The predicted octanol–water partition coefficient (Wildman–Crippen LogP) is 5.72. The van der Waals surface area contributed by atoms with Gasteiger partial charge >= 0.3 is 0 Å². The topological polar surface area (TPSA) is 48.9 Å². The van der Waals surface area contributed by atoms with Crippen LogP contribution in [0, 0.1) is 13.8 Å². The number of rotatable bonds is 6. The molecule has 0 bridgehead atoms. The molecule has 0 unspecified atom stereocenters. The van der Waals surface area contributed by atoms with Gasteiger partial charge in [-0.2, -0.15) is 0 Å². The van der Waals surface area contributed by atoms with Crippen molar-refractivity contribution in [3.63, 3.8) is 0 Å². The number of furan rings is 1. The van der Waals surface area contributed by atoms with E-state index in [4.69, 9.17) is 18.9 Å². The summed E-state index contributed by atoms with van der Waals surface area (Å²) in [6, 6.07) is 16.1. The first kappa shape index (κ1) is 20.0. The molecule has 0 N–H and O–H groups in total. The Hall–Kier alpha value is -3.25. The molecule has 0 saturated carbocycles. The van der Waals surface area contributed by atoms with E-state index in [-0.39, 0.29) is 0 Å². The van der Waals surface area contributed by atoms with E-state index < -0.39 is 0 Å². The molecule has 154 valence electrons. The van der Waals surface area contributed by atoms with Gasteiger partial charge in [-0.1, -0.05) is 6.07 Å². The molecule has 0 fully saturated rings. The highest BCUT2D eigenvalue weighted by Crippen LogP contribution is 2.34. The van der Waals surface area contributed by atoms with Gasteiger partial charge in [0.2, 0.25) is 0 Å². The van der Waals surface area contributed by atoms with Crippen molar-refractivity contribution in [2.45, 2.75) is 20.4 Å². The van der Waals surface area contributed by atoms with E-state index in [1.807, 2.05) is 30.3 Å². The molecule has 0 amide bonds. The number of nitrogens with zero attached hydrogens (tertiary/aromatic N) is 2. The molecular weight excluding hydrogens is 396 g/mol. The maximum absolute atomic E-state index is 5.65. The number of hydrogen-bond acceptors (Lipinski definition) is 5. The molecule has 0 aliphatic rings. The summed E-state index contributed by atoms with van der Waals surface area (Å²) in [7, 11) is 3.32. The molecular formula is C24H24N2O3S. The molecule has 0 spiro atoms. The molecule has 30 heavy (non-hydrogen) atoms. The van der Waals surface area contributed by atoms with Crippen LogP contribution in [-0.2, 0) is 6.54 Å². The average Bonchev–Trinajstić information content (AvgIpc) is 3.38. The van der Waals surface area contributed by atoms with Crippen LogP contribution < -0.4 is 14.3 Å². The van der Waals surface area contributed by atoms with Gasteiger partial charge in [0.05, 0.1) is 38.4 Å². The molecule has 5 nitrogen and oxygen atoms in total. The van der Waals surface area contributed by atoms with Crippen molar-refractivity contribution in [1.82, 2.24) is 4.57 Å². The summed E-state index contributed by atoms with van der Waals surface area (Å²) in [5.41, 5.74) is 5.32. The molecule has 4 rings (SSSR count). The Labute approximate surface area is 179 Å². The van der Waals surface area contributed by atoms with E-state index >= 15 is 0 Å². The predicted molar refractivity (Wildman–Crippen MR) is 120 cm³/mol. The Kier molecular flexibility index (Phi) is 5.77. The second kappa shape index (κ2) is 8.63. The lowest BCUT2D eigenvalue weighted by molar-refractivity contribution is 0.395. The fraction of sp³-hybridized carbons (Fsp3) is 0.208. The van der Waals surface area contributed by atoms with Crippen LogP contribution in [0.1, 0.15) is 16.9 Å². The minimum Gasteiger partial charge on any atom is -0.497 e. The van der Waals surface area contributed by atoms with E-state index in [0.29, 0.717) is 6.54 Å². The van der Waals surface area contributed by atoms with E-state index in [1.165, 1.54) is 11.1 Å². The maximum Gasteiger partial charge on any atom is 0.190 e. The molecule has 2 heterocycles. The highest BCUT2D eigenvalue weighted by atomic mass is 32.1. The average molecular weight is 421 g/mol. The van der Waals surface area contributed by atoms with Crippen LogP contribution in [0.2, 0.25) is 0 Å². The van der Waals surface area contributed by atoms with Crippen LogP contribution in [0.15, 0.2) is 69.6 Å². The first-order chi connectivity index (χ1) is 14.6. The zero-order valence-electron chi connectivity index (χ0n) is 17.5. The zero-order valence-corrected chi connectivity index (χ0v) is 18.3. The Bertz CT molecular complexity index is 1200. The molecule has 0 atom stereocenters. The number of benzene rings is 2. The summed E-state index contributed by atoms with van der Waals surface area (Å²) in [4.78, 5) is 5.85. The number of aromatic nitrogens is 1. The van der Waals surface area contributed by atoms with Gasteiger partial charge in [0.15, 0.2) is 4.80 Å². The first-order valence-electron chi connectivity index (χ1n) is 9.63. The SMILES string of the molecule is COc1ccc(-c2csc(=Nc3cc(C)cc(C)c3)n2Cc2ccco2)c(OC)c1. The third-order valence-corrected chi connectivity index (χ3v) is 5.67. The zero-order chi connectivity index (χ0) is 21.1. The lowest BCUT2D eigenvalue weighted by Crippen LogP contribution is -2.16. The second-order valence-electron chi connectivity index (χ2n) is 7.09. The molecule has 0 radical (unpaired) electrons. The van der Waals surface area contributed by atoms with Gasteiger partial charge in [0.1, 0.15) is 17.3 Å². The van der Waals surface area contributed by atoms with E-state index in [0.717, 1.165) is 39.0 Å². The quantitative estimate of drug-likeness (QED) is 0.401. The van der Waals surface area contributed by atoms with Gasteiger partial charge in [0.25, 0.3) is 0 Å². The molecule has 0 saturated heterocycles. The number of hydrogen-bond donors (Lipinski definition) is 0. The van der Waals surface area contributed by atoms with Crippen LogP contribution in [0.5, 0.6) is 11.5 Å². The first-order valence-corrected chi connectivity index (χ1v) is 10.5. The summed E-state index contributed by atoms with van der Waals surface area (Å²) in [6.07, 6.45) is 1.69. The molecule has 4 aromatic rings. The number of thiazole rings is 1. The highest BCUT2D eigenvalue weighted by Gasteiger charge is 2.15. The highest BCUT2D eigenvalue weighted by molar-refractivity contribution is 7.07. The van der Waals surface area contributed by atoms with Gasteiger partial charge in [0, 0.05) is 17.0 Å². The Morgan fingerprint density at radius 1 is 1.00 bits per heavy atom. The van der Waals surface area contributed by atoms with Crippen LogP contribution >= 0.6 is 11.3 Å². The summed E-state index contributed by atoms with van der Waals surface area (Å²) in [6.45, 7) is 4.75. The Balaban J connectivity index is 1.89. The van der Waals surface area contributed by atoms with Gasteiger partial charge in [-0.25, -0.2) is 4.99 Å². The lowest BCUT2D eigenvalue weighted by Gasteiger charge is -2.13. The van der Waals surface area contributed by atoms with Crippen molar-refractivity contribution < 1.29 is 13.9 Å². The largest absolute Gasteiger partial charge is 0.497 e. The van der Waals surface area contributed by atoms with E-state index in [9.17, 15) is 0 Å². The van der Waals surface area contributed by atoms with Crippen molar-refractivity contribution >= 4 is 17.0 Å². The van der Waals surface area contributed by atoms with Crippen LogP contribution in [0.25, 0.3) is 11.3 Å². The van der Waals surface area contributed by atoms with Gasteiger partial charge in [-0.05, 0) is 61.4 Å². The van der Waals surface area contributed by atoms with E-state index in [1.54, 1.807) is 31.8 Å². The van der Waals surface area contributed by atoms with Crippen molar-refractivity contribution in [2.75, 3.05) is 14.2 Å². The summed E-state index contributed by atoms with van der Waals surface area (Å²) in [5, 5.41) is 2.11. The van der Waals surface area contributed by atoms with Gasteiger partial charge in [-0.15, -0.1) is 11.3 Å². The summed E-state index contributed by atoms with van der Waals surface area (Å²) in [5.74, 6) is 2.37. The van der Waals surface area contributed by atoms with Crippen molar-refractivity contribution in [2.24, 2.45) is 4.99 Å². The maximum atomic E-state index is 5.65. The summed E-state index contributed by atoms with van der Waals surface area (Å²) >= 11 is 1.60. The summed E-state index contributed by atoms with van der Waals surface area (Å²) < 4.78 is 18.8. The third kappa shape index (κ3) is 4.19. The number of methoxy groups -OCH3 is 2. The lowest BCUT2D eigenvalue weighted by atomic mass is 10.1. The number of ether oxygens (including phenoxy) is 2. The fourth-order valence-electron chi connectivity index (χ4n) is 3.48. The second-order valence-corrected chi connectivity index (χ2v) is 7.93. The molecule has 0 aliphatic heterocycles. The Morgan fingerprint density at radius 3 is 2.47 bits per heavy atom. The van der Waals surface area contributed by atoms with Crippen LogP contribution in [0.3, 0.4) is 0 Å². The third-order valence-electron chi connectivity index (χ3n) is 4.81. The molecule has 6 heteroatoms. The molecule has 0 aliphatic carbocycles. The fourth-order valence-corrected chi connectivity index (χ4v) is 4.40. The van der Waals surface area contributed by atoms with Crippen molar-refractivity contribution in [1.29, 1.82) is 0 Å². The monoisotopic (exact) mass is 420 g/mol. The van der Waals surface area contributed by atoms with Crippen LogP contribution in [0.4, 0.5) is 5.69 Å². The van der Waals surface area contributed by atoms with Gasteiger partial charge < -0.3 is 18.5 Å². The van der Waals surface area contributed by atoms with Crippen molar-refractivity contribution in [3.8, 4) is 22.8 Å². The van der Waals surface area contributed by atoms with E-state index in [2.05, 4.69) is 42.0 Å². The molecule has 2 aromatic carbocycles. The minimum atomic E-state index is 0.574. The smallest absolute Gasteiger partial charge is 0.190 e. The molecule has 2 aromatic heterocycles.